The lowest BCUT2D eigenvalue weighted by molar-refractivity contribution is 0.605. The Bertz CT molecular complexity index is 653. The molecular weight excluding hydrogens is 276 g/mol. The van der Waals surface area contributed by atoms with Crippen molar-refractivity contribution in [3.8, 4) is 5.82 Å². The molecule has 0 aliphatic carbocycles. The molecule has 2 aromatic heterocycles. The highest BCUT2D eigenvalue weighted by Crippen LogP contribution is 2.19. The highest BCUT2D eigenvalue weighted by molar-refractivity contribution is 7.93. The molecule has 0 aliphatic heterocycles. The number of nitrogens with zero attached hydrogens (tertiary/aromatic N) is 3. The summed E-state index contributed by atoms with van der Waals surface area (Å²) in [4.78, 5) is 8.22. The van der Waals surface area contributed by atoms with Crippen molar-refractivity contribution < 1.29 is 8.42 Å². The zero-order valence-corrected chi connectivity index (χ0v) is 11.1. The highest BCUT2D eigenvalue weighted by Gasteiger charge is 2.13. The maximum absolute atomic E-state index is 11.5. The fourth-order valence-electron chi connectivity index (χ4n) is 1.47. The zero-order chi connectivity index (χ0) is 13.2. The van der Waals surface area contributed by atoms with Crippen LogP contribution in [0.15, 0.2) is 30.7 Å². The zero-order valence-electron chi connectivity index (χ0n) is 9.54. The third-order valence-corrected chi connectivity index (χ3v) is 3.93. The number of hydrogen-bond acceptors (Lipinski definition) is 4. The summed E-state index contributed by atoms with van der Waals surface area (Å²) in [5.74, 6) is 1.17. The molecule has 0 saturated carbocycles. The van der Waals surface area contributed by atoms with Gasteiger partial charge < -0.3 is 0 Å². The molecule has 0 aromatic carbocycles. The molecule has 0 radical (unpaired) electrons. The molecule has 0 fully saturated rings. The van der Waals surface area contributed by atoms with Gasteiger partial charge in [-0.25, -0.2) is 18.4 Å². The standard InChI is InChI=1S/C10H11ClN4O2S/c1-8-12-5-6-15(8)10-9(3-2-4-13-10)14-18(16,17)7-11/h2-6,14H,7H2,1H3. The molecule has 96 valence electrons. The molecule has 0 aliphatic rings. The monoisotopic (exact) mass is 286 g/mol. The van der Waals surface area contributed by atoms with Crippen molar-refractivity contribution in [2.75, 3.05) is 9.93 Å². The van der Waals surface area contributed by atoms with Crippen molar-refractivity contribution in [1.82, 2.24) is 14.5 Å². The van der Waals surface area contributed by atoms with E-state index in [-0.39, 0.29) is 0 Å². The van der Waals surface area contributed by atoms with Gasteiger partial charge in [0, 0.05) is 18.6 Å². The summed E-state index contributed by atoms with van der Waals surface area (Å²) in [6.45, 7) is 1.80. The first-order chi connectivity index (χ1) is 8.53. The fourth-order valence-corrected chi connectivity index (χ4v) is 2.18. The van der Waals surface area contributed by atoms with E-state index in [2.05, 4.69) is 14.7 Å². The van der Waals surface area contributed by atoms with E-state index in [1.807, 2.05) is 0 Å². The third-order valence-electron chi connectivity index (χ3n) is 2.25. The Morgan fingerprint density at radius 1 is 1.39 bits per heavy atom. The molecule has 0 amide bonds. The maximum Gasteiger partial charge on any atom is 0.246 e. The van der Waals surface area contributed by atoms with E-state index < -0.39 is 15.2 Å². The number of pyridine rings is 1. The Morgan fingerprint density at radius 2 is 2.17 bits per heavy atom. The van der Waals surface area contributed by atoms with E-state index >= 15 is 0 Å². The number of halogens is 1. The number of sulfonamides is 1. The van der Waals surface area contributed by atoms with Crippen LogP contribution in [0.3, 0.4) is 0 Å². The summed E-state index contributed by atoms with van der Waals surface area (Å²) in [7, 11) is -3.56. The summed E-state index contributed by atoms with van der Waals surface area (Å²) in [6, 6.07) is 3.26. The first-order valence-electron chi connectivity index (χ1n) is 5.05. The van der Waals surface area contributed by atoms with Gasteiger partial charge in [0.2, 0.25) is 10.0 Å². The number of imidazole rings is 1. The van der Waals surface area contributed by atoms with Crippen LogP contribution in [0.4, 0.5) is 5.69 Å². The Balaban J connectivity index is 2.48. The summed E-state index contributed by atoms with van der Waals surface area (Å²) >= 11 is 5.36. The summed E-state index contributed by atoms with van der Waals surface area (Å²) in [5.41, 5.74) is 0.360. The predicted molar refractivity (Wildman–Crippen MR) is 69.4 cm³/mol. The topological polar surface area (TPSA) is 76.9 Å². The molecular formula is C10H11ClN4O2S. The lowest BCUT2D eigenvalue weighted by atomic mass is 10.4. The van der Waals surface area contributed by atoms with Crippen LogP contribution in [0, 0.1) is 6.92 Å². The molecule has 0 atom stereocenters. The third kappa shape index (κ3) is 2.62. The highest BCUT2D eigenvalue weighted by atomic mass is 35.5. The van der Waals surface area contributed by atoms with Crippen LogP contribution in [-0.4, -0.2) is 28.2 Å². The van der Waals surface area contributed by atoms with Crippen LogP contribution in [0.5, 0.6) is 0 Å². The van der Waals surface area contributed by atoms with Crippen LogP contribution in [0.1, 0.15) is 5.82 Å². The first kappa shape index (κ1) is 12.8. The average molecular weight is 287 g/mol. The first-order valence-corrected chi connectivity index (χ1v) is 7.24. The van der Waals surface area contributed by atoms with Gasteiger partial charge in [-0.3, -0.25) is 9.29 Å². The van der Waals surface area contributed by atoms with Crippen LogP contribution in [-0.2, 0) is 10.0 Å². The van der Waals surface area contributed by atoms with Gasteiger partial charge in [-0.2, -0.15) is 0 Å². The Labute approximate surface area is 110 Å². The molecule has 0 saturated heterocycles. The summed E-state index contributed by atoms with van der Waals surface area (Å²) in [5, 5.41) is -0.510. The SMILES string of the molecule is Cc1nccn1-c1ncccc1NS(=O)(=O)CCl. The van der Waals surface area contributed by atoms with Gasteiger partial charge in [0.15, 0.2) is 5.82 Å². The van der Waals surface area contributed by atoms with Crippen molar-refractivity contribution in [3.63, 3.8) is 0 Å². The van der Waals surface area contributed by atoms with Gasteiger partial charge in [0.05, 0.1) is 5.69 Å². The number of aryl methyl sites for hydroxylation is 1. The Morgan fingerprint density at radius 3 is 2.78 bits per heavy atom. The molecule has 2 rings (SSSR count). The van der Waals surface area contributed by atoms with Crippen molar-refractivity contribution in [2.45, 2.75) is 6.92 Å². The number of hydrogen-bond donors (Lipinski definition) is 1. The van der Waals surface area contributed by atoms with E-state index in [1.165, 1.54) is 0 Å². The fraction of sp³-hybridized carbons (Fsp3) is 0.200. The largest absolute Gasteiger partial charge is 0.286 e. The number of alkyl halides is 1. The van der Waals surface area contributed by atoms with Crippen LogP contribution >= 0.6 is 11.6 Å². The number of rotatable bonds is 4. The molecule has 8 heteroatoms. The van der Waals surface area contributed by atoms with Crippen molar-refractivity contribution in [3.05, 3.63) is 36.5 Å². The number of aromatic nitrogens is 3. The van der Waals surface area contributed by atoms with Gasteiger partial charge in [-0.05, 0) is 19.1 Å². The molecule has 0 spiro atoms. The van der Waals surface area contributed by atoms with E-state index in [0.29, 0.717) is 17.3 Å². The van der Waals surface area contributed by atoms with Crippen molar-refractivity contribution in [1.29, 1.82) is 0 Å². The number of anilines is 1. The van der Waals surface area contributed by atoms with E-state index in [0.717, 1.165) is 0 Å². The molecule has 18 heavy (non-hydrogen) atoms. The molecule has 0 bridgehead atoms. The molecule has 2 aromatic rings. The van der Waals surface area contributed by atoms with Gasteiger partial charge in [-0.1, -0.05) is 0 Å². The second-order valence-electron chi connectivity index (χ2n) is 3.54. The van der Waals surface area contributed by atoms with Gasteiger partial charge in [0.25, 0.3) is 0 Å². The molecule has 1 N–H and O–H groups in total. The summed E-state index contributed by atoms with van der Waals surface area (Å²) in [6.07, 6.45) is 4.90. The number of nitrogens with one attached hydrogen (secondary N) is 1. The smallest absolute Gasteiger partial charge is 0.246 e. The quantitative estimate of drug-likeness (QED) is 0.865. The van der Waals surface area contributed by atoms with Gasteiger partial charge in [-0.15, -0.1) is 11.6 Å². The van der Waals surface area contributed by atoms with E-state index in [9.17, 15) is 8.42 Å². The molecule has 2 heterocycles. The van der Waals surface area contributed by atoms with E-state index in [4.69, 9.17) is 11.6 Å². The minimum atomic E-state index is -3.56. The lowest BCUT2D eigenvalue weighted by Gasteiger charge is -2.11. The lowest BCUT2D eigenvalue weighted by Crippen LogP contribution is -2.16. The summed E-state index contributed by atoms with van der Waals surface area (Å²) < 4.78 is 27.0. The second kappa shape index (κ2) is 4.95. The van der Waals surface area contributed by atoms with E-state index in [1.54, 1.807) is 42.2 Å². The predicted octanol–water partition coefficient (Wildman–Crippen LogP) is 1.51. The maximum atomic E-state index is 11.5. The van der Waals surface area contributed by atoms with Gasteiger partial charge >= 0.3 is 0 Å². The average Bonchev–Trinajstić information content (AvgIpc) is 2.76. The van der Waals surface area contributed by atoms with Crippen LogP contribution in [0.2, 0.25) is 0 Å². The Hall–Kier alpha value is -1.60. The minimum Gasteiger partial charge on any atom is -0.286 e. The van der Waals surface area contributed by atoms with Crippen molar-refractivity contribution in [2.24, 2.45) is 0 Å². The molecule has 0 unspecified atom stereocenters. The van der Waals surface area contributed by atoms with Crippen LogP contribution < -0.4 is 4.72 Å². The second-order valence-corrected chi connectivity index (χ2v) is 5.85. The van der Waals surface area contributed by atoms with Crippen LogP contribution in [0.25, 0.3) is 5.82 Å². The minimum absolute atomic E-state index is 0.360. The Kier molecular flexibility index (Phi) is 3.53. The van der Waals surface area contributed by atoms with Gasteiger partial charge in [0.1, 0.15) is 11.0 Å². The molecule has 6 nitrogen and oxygen atoms in total. The van der Waals surface area contributed by atoms with Crippen molar-refractivity contribution >= 4 is 27.3 Å². The normalized spacial score (nSPS) is 11.4.